The van der Waals surface area contributed by atoms with Crippen LogP contribution in [0.3, 0.4) is 0 Å². The largest absolute Gasteiger partial charge is 0.341 e. The Bertz CT molecular complexity index is 866. The summed E-state index contributed by atoms with van der Waals surface area (Å²) < 4.78 is 1.90. The van der Waals surface area contributed by atoms with Crippen molar-refractivity contribution in [3.63, 3.8) is 0 Å². The third-order valence-electron chi connectivity index (χ3n) is 4.55. The van der Waals surface area contributed by atoms with Gasteiger partial charge in [-0.2, -0.15) is 5.10 Å². The van der Waals surface area contributed by atoms with Gasteiger partial charge < -0.3 is 4.90 Å². The summed E-state index contributed by atoms with van der Waals surface area (Å²) in [6, 6.07) is 20.7. The average molecular weight is 347 g/mol. The van der Waals surface area contributed by atoms with Gasteiger partial charge in [0.05, 0.1) is 5.69 Å². The number of carbonyl (C=O) groups is 1. The lowest BCUT2D eigenvalue weighted by molar-refractivity contribution is -0.130. The first-order chi connectivity index (χ1) is 12.5. The van der Waals surface area contributed by atoms with E-state index in [2.05, 4.69) is 41.5 Å². The Morgan fingerprint density at radius 1 is 1.00 bits per heavy atom. The third kappa shape index (κ3) is 4.39. The lowest BCUT2D eigenvalue weighted by atomic mass is 10.0. The second-order valence-corrected chi connectivity index (χ2v) is 6.71. The Labute approximate surface area is 155 Å². The van der Waals surface area contributed by atoms with E-state index in [0.29, 0.717) is 19.5 Å². The summed E-state index contributed by atoms with van der Waals surface area (Å²) >= 11 is 0. The Morgan fingerprint density at radius 3 is 2.27 bits per heavy atom. The zero-order valence-electron chi connectivity index (χ0n) is 15.6. The number of aryl methyl sites for hydroxylation is 3. The number of benzene rings is 2. The zero-order chi connectivity index (χ0) is 18.5. The predicted molar refractivity (Wildman–Crippen MR) is 105 cm³/mol. The van der Waals surface area contributed by atoms with E-state index in [4.69, 9.17) is 0 Å². The van der Waals surface area contributed by atoms with Crippen LogP contribution in [0.5, 0.6) is 0 Å². The van der Waals surface area contributed by atoms with Gasteiger partial charge in [-0.05, 0) is 36.6 Å². The van der Waals surface area contributed by atoms with E-state index in [9.17, 15) is 4.79 Å². The molecule has 0 bridgehead atoms. The van der Waals surface area contributed by atoms with Crippen LogP contribution in [0.4, 0.5) is 0 Å². The van der Waals surface area contributed by atoms with Gasteiger partial charge in [-0.1, -0.05) is 54.6 Å². The monoisotopic (exact) mass is 347 g/mol. The molecule has 134 valence electrons. The van der Waals surface area contributed by atoms with Crippen molar-refractivity contribution in [3.8, 4) is 11.1 Å². The fraction of sp³-hybridized carbons (Fsp3) is 0.273. The number of aromatic nitrogens is 2. The van der Waals surface area contributed by atoms with Crippen molar-refractivity contribution in [2.24, 2.45) is 0 Å². The third-order valence-corrected chi connectivity index (χ3v) is 4.55. The van der Waals surface area contributed by atoms with Gasteiger partial charge in [0.2, 0.25) is 5.91 Å². The molecule has 0 radical (unpaired) electrons. The summed E-state index contributed by atoms with van der Waals surface area (Å²) in [5, 5.41) is 4.41. The highest BCUT2D eigenvalue weighted by atomic mass is 16.2. The molecule has 4 nitrogen and oxygen atoms in total. The zero-order valence-corrected chi connectivity index (χ0v) is 15.6. The first kappa shape index (κ1) is 17.9. The minimum atomic E-state index is 0.129. The normalized spacial score (nSPS) is 10.7. The van der Waals surface area contributed by atoms with E-state index >= 15 is 0 Å². The van der Waals surface area contributed by atoms with Crippen molar-refractivity contribution in [2.75, 3.05) is 7.05 Å². The molecule has 0 spiro atoms. The molecule has 0 aliphatic rings. The Morgan fingerprint density at radius 2 is 1.65 bits per heavy atom. The average Bonchev–Trinajstić information content (AvgIpc) is 2.98. The molecular formula is C22H25N3O. The highest BCUT2D eigenvalue weighted by Crippen LogP contribution is 2.19. The number of nitrogens with zero attached hydrogens (tertiary/aromatic N) is 3. The molecular weight excluding hydrogens is 322 g/mol. The van der Waals surface area contributed by atoms with Gasteiger partial charge in [-0.25, -0.2) is 0 Å². The fourth-order valence-corrected chi connectivity index (χ4v) is 3.09. The van der Waals surface area contributed by atoms with E-state index in [1.54, 1.807) is 4.90 Å². The number of rotatable bonds is 6. The van der Waals surface area contributed by atoms with Crippen molar-refractivity contribution in [1.29, 1.82) is 0 Å². The molecule has 1 amide bonds. The van der Waals surface area contributed by atoms with Gasteiger partial charge in [0.15, 0.2) is 0 Å². The summed E-state index contributed by atoms with van der Waals surface area (Å²) in [4.78, 5) is 14.2. The lowest BCUT2D eigenvalue weighted by Gasteiger charge is -2.18. The van der Waals surface area contributed by atoms with Crippen LogP contribution in [0.15, 0.2) is 60.7 Å². The maximum atomic E-state index is 12.4. The van der Waals surface area contributed by atoms with Crippen LogP contribution in [-0.2, 0) is 17.9 Å². The summed E-state index contributed by atoms with van der Waals surface area (Å²) in [5.41, 5.74) is 5.60. The number of amides is 1. The molecule has 1 aromatic heterocycles. The van der Waals surface area contributed by atoms with Crippen molar-refractivity contribution >= 4 is 5.91 Å². The highest BCUT2D eigenvalue weighted by Gasteiger charge is 2.11. The van der Waals surface area contributed by atoms with Gasteiger partial charge in [0.25, 0.3) is 0 Å². The molecule has 0 saturated heterocycles. The van der Waals surface area contributed by atoms with Gasteiger partial charge >= 0.3 is 0 Å². The summed E-state index contributed by atoms with van der Waals surface area (Å²) in [6.45, 7) is 5.22. The van der Waals surface area contributed by atoms with Crippen molar-refractivity contribution in [2.45, 2.75) is 33.4 Å². The molecule has 4 heteroatoms. The summed E-state index contributed by atoms with van der Waals surface area (Å²) in [5.74, 6) is 0.129. The van der Waals surface area contributed by atoms with Gasteiger partial charge in [-0.3, -0.25) is 9.48 Å². The van der Waals surface area contributed by atoms with Crippen LogP contribution < -0.4 is 0 Å². The Kier molecular flexibility index (Phi) is 5.52. The summed E-state index contributed by atoms with van der Waals surface area (Å²) in [7, 11) is 1.86. The molecule has 0 fully saturated rings. The predicted octanol–water partition coefficient (Wildman–Crippen LogP) is 4.22. The maximum Gasteiger partial charge on any atom is 0.224 e. The minimum Gasteiger partial charge on any atom is -0.341 e. The fourth-order valence-electron chi connectivity index (χ4n) is 3.09. The van der Waals surface area contributed by atoms with Crippen LogP contribution >= 0.6 is 0 Å². The molecule has 3 rings (SSSR count). The molecule has 0 unspecified atom stereocenters. The van der Waals surface area contributed by atoms with Crippen molar-refractivity contribution < 1.29 is 4.79 Å². The van der Waals surface area contributed by atoms with Crippen LogP contribution in [0.25, 0.3) is 11.1 Å². The van der Waals surface area contributed by atoms with E-state index in [0.717, 1.165) is 17.0 Å². The molecule has 3 aromatic rings. The van der Waals surface area contributed by atoms with E-state index in [-0.39, 0.29) is 5.91 Å². The number of hydrogen-bond donors (Lipinski definition) is 0. The molecule has 1 heterocycles. The van der Waals surface area contributed by atoms with Gasteiger partial charge in [-0.15, -0.1) is 0 Å². The van der Waals surface area contributed by atoms with E-state index in [1.807, 2.05) is 49.8 Å². The molecule has 26 heavy (non-hydrogen) atoms. The molecule has 2 aromatic carbocycles. The quantitative estimate of drug-likeness (QED) is 0.670. The van der Waals surface area contributed by atoms with Gasteiger partial charge in [0.1, 0.15) is 0 Å². The molecule has 0 aliphatic heterocycles. The van der Waals surface area contributed by atoms with Crippen molar-refractivity contribution in [1.82, 2.24) is 14.7 Å². The smallest absolute Gasteiger partial charge is 0.224 e. The first-order valence-electron chi connectivity index (χ1n) is 8.92. The van der Waals surface area contributed by atoms with Crippen LogP contribution in [0.2, 0.25) is 0 Å². The van der Waals surface area contributed by atoms with Crippen LogP contribution in [0, 0.1) is 13.8 Å². The first-order valence-corrected chi connectivity index (χ1v) is 8.92. The maximum absolute atomic E-state index is 12.4. The van der Waals surface area contributed by atoms with Crippen LogP contribution in [0.1, 0.15) is 23.4 Å². The molecule has 0 N–H and O–H groups in total. The summed E-state index contributed by atoms with van der Waals surface area (Å²) in [6.07, 6.45) is 0.459. The number of hydrogen-bond acceptors (Lipinski definition) is 2. The second kappa shape index (κ2) is 8.00. The Hall–Kier alpha value is -2.88. The van der Waals surface area contributed by atoms with Crippen LogP contribution in [-0.4, -0.2) is 27.6 Å². The standard InChI is InChI=1S/C22H25N3O/c1-17-15-18(2)25(23-17)14-13-22(26)24(3)16-19-9-11-21(12-10-19)20-7-5-4-6-8-20/h4-12,15H,13-14,16H2,1-3H3. The minimum absolute atomic E-state index is 0.129. The second-order valence-electron chi connectivity index (χ2n) is 6.71. The Balaban J connectivity index is 1.56. The molecule has 0 atom stereocenters. The van der Waals surface area contributed by atoms with E-state index < -0.39 is 0 Å². The topological polar surface area (TPSA) is 38.1 Å². The lowest BCUT2D eigenvalue weighted by Crippen LogP contribution is -2.27. The molecule has 0 saturated carbocycles. The van der Waals surface area contributed by atoms with Gasteiger partial charge in [0, 0.05) is 32.3 Å². The molecule has 0 aliphatic carbocycles. The number of carbonyl (C=O) groups excluding carboxylic acids is 1. The van der Waals surface area contributed by atoms with E-state index in [1.165, 1.54) is 11.1 Å². The highest BCUT2D eigenvalue weighted by molar-refractivity contribution is 5.75. The van der Waals surface area contributed by atoms with Crippen molar-refractivity contribution in [3.05, 3.63) is 77.6 Å². The SMILES string of the molecule is Cc1cc(C)n(CCC(=O)N(C)Cc2ccc(-c3ccccc3)cc2)n1.